The van der Waals surface area contributed by atoms with Crippen molar-refractivity contribution in [1.82, 2.24) is 0 Å². The summed E-state index contributed by atoms with van der Waals surface area (Å²) in [6, 6.07) is 13.7. The van der Waals surface area contributed by atoms with Crippen LogP contribution in [0.5, 0.6) is 5.75 Å². The molecule has 0 aliphatic rings. The Balaban J connectivity index is 2.29. The van der Waals surface area contributed by atoms with Crippen LogP contribution in [-0.4, -0.2) is 13.4 Å². The fourth-order valence-electron chi connectivity index (χ4n) is 1.87. The van der Waals surface area contributed by atoms with Crippen LogP contribution in [0.3, 0.4) is 0 Å². The predicted octanol–water partition coefficient (Wildman–Crippen LogP) is 4.12. The molecule has 2 nitrogen and oxygen atoms in total. The Morgan fingerprint density at radius 2 is 1.74 bits per heavy atom. The van der Waals surface area contributed by atoms with Crippen LogP contribution in [-0.2, 0) is 0 Å². The highest BCUT2D eigenvalue weighted by Crippen LogP contribution is 2.29. The van der Waals surface area contributed by atoms with Gasteiger partial charge >= 0.3 is 0 Å². The zero-order valence-electron chi connectivity index (χ0n) is 10.9. The van der Waals surface area contributed by atoms with Gasteiger partial charge in [-0.15, -0.1) is 11.8 Å². The van der Waals surface area contributed by atoms with E-state index in [1.165, 1.54) is 4.90 Å². The first-order valence-corrected chi connectivity index (χ1v) is 7.49. The molecule has 0 aliphatic heterocycles. The minimum absolute atomic E-state index is 0.179. The van der Waals surface area contributed by atoms with Crippen molar-refractivity contribution in [2.45, 2.75) is 10.9 Å². The summed E-state index contributed by atoms with van der Waals surface area (Å²) in [7, 11) is 1.60. The van der Waals surface area contributed by atoms with Crippen molar-refractivity contribution in [2.75, 3.05) is 13.4 Å². The molecule has 0 heterocycles. The van der Waals surface area contributed by atoms with Crippen molar-refractivity contribution in [1.29, 1.82) is 0 Å². The smallest absolute Gasteiger partial charge is 0.137 e. The van der Waals surface area contributed by atoms with Crippen molar-refractivity contribution in [2.24, 2.45) is 5.73 Å². The van der Waals surface area contributed by atoms with Crippen LogP contribution in [0.4, 0.5) is 0 Å². The summed E-state index contributed by atoms with van der Waals surface area (Å²) in [5, 5.41) is 0.594. The molecule has 4 heteroatoms. The maximum Gasteiger partial charge on any atom is 0.137 e. The lowest BCUT2D eigenvalue weighted by Gasteiger charge is -2.14. The molecule has 0 aromatic heterocycles. The van der Waals surface area contributed by atoms with Crippen LogP contribution in [0.25, 0.3) is 0 Å². The summed E-state index contributed by atoms with van der Waals surface area (Å²) in [5.41, 5.74) is 8.33. The Kier molecular flexibility index (Phi) is 4.75. The summed E-state index contributed by atoms with van der Waals surface area (Å²) in [4.78, 5) is 1.23. The Morgan fingerprint density at radius 1 is 1.11 bits per heavy atom. The summed E-state index contributed by atoms with van der Waals surface area (Å²) < 4.78 is 5.22. The van der Waals surface area contributed by atoms with Gasteiger partial charge in [0, 0.05) is 4.90 Å². The molecular weight excluding hydrogens is 278 g/mol. The van der Waals surface area contributed by atoms with Crippen LogP contribution in [0, 0.1) is 0 Å². The molecule has 0 bridgehead atoms. The number of rotatable bonds is 4. The Morgan fingerprint density at radius 3 is 2.32 bits per heavy atom. The van der Waals surface area contributed by atoms with Gasteiger partial charge in [-0.3, -0.25) is 0 Å². The fourth-order valence-corrected chi connectivity index (χ4v) is 2.48. The average Bonchev–Trinajstić information content (AvgIpc) is 2.47. The van der Waals surface area contributed by atoms with Crippen molar-refractivity contribution in [3.63, 3.8) is 0 Å². The summed E-state index contributed by atoms with van der Waals surface area (Å²) >= 11 is 7.73. The molecule has 0 fully saturated rings. The second-order valence-corrected chi connectivity index (χ2v) is 5.43. The quantitative estimate of drug-likeness (QED) is 0.861. The highest BCUT2D eigenvalue weighted by atomic mass is 35.5. The van der Waals surface area contributed by atoms with Crippen LogP contribution >= 0.6 is 23.4 Å². The highest BCUT2D eigenvalue weighted by molar-refractivity contribution is 7.98. The maximum absolute atomic E-state index is 6.28. The Hall–Kier alpha value is -1.16. The lowest BCUT2D eigenvalue weighted by molar-refractivity contribution is 0.414. The molecule has 0 amide bonds. The topological polar surface area (TPSA) is 35.2 Å². The van der Waals surface area contributed by atoms with Crippen LogP contribution < -0.4 is 10.5 Å². The van der Waals surface area contributed by atoms with Gasteiger partial charge in [-0.2, -0.15) is 0 Å². The van der Waals surface area contributed by atoms with Crippen LogP contribution in [0.15, 0.2) is 47.4 Å². The fraction of sp³-hybridized carbons (Fsp3) is 0.200. The first kappa shape index (κ1) is 14.3. The van der Waals surface area contributed by atoms with Gasteiger partial charge in [0.2, 0.25) is 0 Å². The molecule has 100 valence electrons. The van der Waals surface area contributed by atoms with Gasteiger partial charge in [-0.05, 0) is 41.6 Å². The maximum atomic E-state index is 6.28. The second kappa shape index (κ2) is 6.33. The van der Waals surface area contributed by atoms with E-state index < -0.39 is 0 Å². The first-order chi connectivity index (χ1) is 9.15. The first-order valence-electron chi connectivity index (χ1n) is 5.88. The molecule has 19 heavy (non-hydrogen) atoms. The zero-order chi connectivity index (χ0) is 13.8. The third-order valence-corrected chi connectivity index (χ3v) is 4.07. The highest BCUT2D eigenvalue weighted by Gasteiger charge is 2.11. The van der Waals surface area contributed by atoms with E-state index in [-0.39, 0.29) is 6.04 Å². The number of thioether (sulfide) groups is 1. The molecule has 2 N–H and O–H groups in total. The van der Waals surface area contributed by atoms with Gasteiger partial charge in [-0.1, -0.05) is 29.8 Å². The molecule has 0 saturated heterocycles. The number of hydrogen-bond acceptors (Lipinski definition) is 3. The van der Waals surface area contributed by atoms with E-state index in [4.69, 9.17) is 22.1 Å². The minimum Gasteiger partial charge on any atom is -0.495 e. The zero-order valence-corrected chi connectivity index (χ0v) is 12.5. The number of halogens is 1. The summed E-state index contributed by atoms with van der Waals surface area (Å²) in [5.74, 6) is 0.648. The Bertz CT molecular complexity index is 557. The third kappa shape index (κ3) is 3.24. The average molecular weight is 294 g/mol. The van der Waals surface area contributed by atoms with E-state index in [9.17, 15) is 0 Å². The van der Waals surface area contributed by atoms with Gasteiger partial charge in [0.25, 0.3) is 0 Å². The van der Waals surface area contributed by atoms with Gasteiger partial charge in [0.1, 0.15) is 5.75 Å². The number of hydrogen-bond donors (Lipinski definition) is 1. The number of nitrogens with two attached hydrogens (primary N) is 1. The van der Waals surface area contributed by atoms with Crippen molar-refractivity contribution < 1.29 is 4.74 Å². The molecule has 0 spiro atoms. The predicted molar refractivity (Wildman–Crippen MR) is 82.3 cm³/mol. The van der Waals surface area contributed by atoms with E-state index >= 15 is 0 Å². The summed E-state index contributed by atoms with van der Waals surface area (Å²) in [6.45, 7) is 0. The second-order valence-electron chi connectivity index (χ2n) is 4.14. The largest absolute Gasteiger partial charge is 0.495 e. The van der Waals surface area contributed by atoms with E-state index in [2.05, 4.69) is 30.5 Å². The molecule has 0 radical (unpaired) electrons. The lowest BCUT2D eigenvalue weighted by Crippen LogP contribution is -2.11. The van der Waals surface area contributed by atoms with Gasteiger partial charge in [-0.25, -0.2) is 0 Å². The third-order valence-electron chi connectivity index (χ3n) is 3.01. The molecule has 2 rings (SSSR count). The van der Waals surface area contributed by atoms with Gasteiger partial charge in [0.05, 0.1) is 18.2 Å². The van der Waals surface area contributed by atoms with E-state index in [1.54, 1.807) is 18.9 Å². The standard InChI is InChI=1S/C15H16ClNOS/c1-18-14-9-11(5-8-13(14)16)15(17)10-3-6-12(19-2)7-4-10/h3-9,15H,17H2,1-2H3. The minimum atomic E-state index is -0.179. The summed E-state index contributed by atoms with van der Waals surface area (Å²) in [6.07, 6.45) is 2.05. The molecule has 1 unspecified atom stereocenters. The van der Waals surface area contributed by atoms with E-state index in [1.807, 2.05) is 18.2 Å². The van der Waals surface area contributed by atoms with Gasteiger partial charge in [0.15, 0.2) is 0 Å². The van der Waals surface area contributed by atoms with Crippen molar-refractivity contribution in [3.8, 4) is 5.75 Å². The van der Waals surface area contributed by atoms with Crippen LogP contribution in [0.1, 0.15) is 17.2 Å². The number of methoxy groups -OCH3 is 1. The molecule has 2 aromatic rings. The molecule has 0 saturated carbocycles. The number of ether oxygens (including phenoxy) is 1. The van der Waals surface area contributed by atoms with E-state index in [0.717, 1.165) is 11.1 Å². The SMILES string of the molecule is COc1cc(C(N)c2ccc(SC)cc2)ccc1Cl. The van der Waals surface area contributed by atoms with E-state index in [0.29, 0.717) is 10.8 Å². The number of benzene rings is 2. The van der Waals surface area contributed by atoms with Crippen molar-refractivity contribution in [3.05, 3.63) is 58.6 Å². The normalized spacial score (nSPS) is 12.2. The van der Waals surface area contributed by atoms with Crippen LogP contribution in [0.2, 0.25) is 5.02 Å². The molecule has 1 atom stereocenters. The van der Waals surface area contributed by atoms with Crippen molar-refractivity contribution >= 4 is 23.4 Å². The molecule has 0 aliphatic carbocycles. The van der Waals surface area contributed by atoms with Gasteiger partial charge < -0.3 is 10.5 Å². The molecular formula is C15H16ClNOS. The lowest BCUT2D eigenvalue weighted by atomic mass is 9.99. The Labute approximate surface area is 122 Å². The monoisotopic (exact) mass is 293 g/mol. The molecule has 2 aromatic carbocycles.